The minimum Gasteiger partial charge on any atom is -0.496 e. The van der Waals surface area contributed by atoms with Crippen molar-refractivity contribution in [1.29, 1.82) is 0 Å². The number of hydrogen-bond donors (Lipinski definition) is 1. The smallest absolute Gasteiger partial charge is 0.258 e. The van der Waals surface area contributed by atoms with Crippen LogP contribution >= 0.6 is 15.9 Å². The van der Waals surface area contributed by atoms with Gasteiger partial charge in [0.2, 0.25) is 0 Å². The highest BCUT2D eigenvalue weighted by molar-refractivity contribution is 9.10. The molecule has 24 heavy (non-hydrogen) atoms. The zero-order valence-corrected chi connectivity index (χ0v) is 15.7. The Labute approximate surface area is 151 Å². The van der Waals surface area contributed by atoms with Crippen LogP contribution < -0.4 is 14.8 Å². The van der Waals surface area contributed by atoms with Crippen LogP contribution in [-0.2, 0) is 11.2 Å². The van der Waals surface area contributed by atoms with Gasteiger partial charge in [-0.15, -0.1) is 0 Å². The maximum atomic E-state index is 12.1. The zero-order chi connectivity index (χ0) is 17.5. The van der Waals surface area contributed by atoms with Gasteiger partial charge in [-0.1, -0.05) is 31.2 Å². The van der Waals surface area contributed by atoms with Crippen molar-refractivity contribution in [3.05, 3.63) is 58.1 Å². The molecule has 1 N–H and O–H groups in total. The number of hydrogen-bond acceptors (Lipinski definition) is 3. The molecule has 5 heteroatoms. The Morgan fingerprint density at radius 3 is 2.62 bits per heavy atom. The molecule has 0 saturated carbocycles. The number of ether oxygens (including phenoxy) is 2. The van der Waals surface area contributed by atoms with E-state index in [1.54, 1.807) is 7.11 Å². The quantitative estimate of drug-likeness (QED) is 0.765. The van der Waals surface area contributed by atoms with Gasteiger partial charge in [-0.25, -0.2) is 0 Å². The Bertz CT molecular complexity index is 703. The summed E-state index contributed by atoms with van der Waals surface area (Å²) in [5, 5.41) is 2.92. The number of para-hydroxylation sites is 1. The summed E-state index contributed by atoms with van der Waals surface area (Å²) in [4.78, 5) is 12.1. The van der Waals surface area contributed by atoms with Gasteiger partial charge in [-0.3, -0.25) is 4.79 Å². The first-order valence-corrected chi connectivity index (χ1v) is 8.68. The molecule has 0 unspecified atom stereocenters. The van der Waals surface area contributed by atoms with Crippen molar-refractivity contribution < 1.29 is 14.3 Å². The maximum Gasteiger partial charge on any atom is 0.258 e. The molecule has 0 bridgehead atoms. The van der Waals surface area contributed by atoms with Crippen LogP contribution in [0.15, 0.2) is 46.9 Å². The van der Waals surface area contributed by atoms with Crippen molar-refractivity contribution in [1.82, 2.24) is 5.32 Å². The molecule has 0 heterocycles. The third-order valence-corrected chi connectivity index (χ3v) is 4.37. The molecule has 2 aromatic carbocycles. The molecule has 1 amide bonds. The third kappa shape index (κ3) is 4.74. The molecule has 2 rings (SSSR count). The monoisotopic (exact) mass is 391 g/mol. The van der Waals surface area contributed by atoms with E-state index >= 15 is 0 Å². The van der Waals surface area contributed by atoms with Crippen LogP contribution in [0.1, 0.15) is 31.0 Å². The summed E-state index contributed by atoms with van der Waals surface area (Å²) in [5.74, 6) is 1.23. The number of benzene rings is 2. The first kappa shape index (κ1) is 18.3. The largest absolute Gasteiger partial charge is 0.496 e. The van der Waals surface area contributed by atoms with E-state index in [-0.39, 0.29) is 18.6 Å². The van der Waals surface area contributed by atoms with Gasteiger partial charge in [0.25, 0.3) is 5.91 Å². The second kappa shape index (κ2) is 8.73. The molecule has 0 aliphatic rings. The number of amides is 1. The molecule has 128 valence electrons. The van der Waals surface area contributed by atoms with Crippen LogP contribution in [0, 0.1) is 0 Å². The highest BCUT2D eigenvalue weighted by Gasteiger charge is 2.14. The summed E-state index contributed by atoms with van der Waals surface area (Å²) in [7, 11) is 1.62. The number of carbonyl (C=O) groups is 1. The fourth-order valence-electron chi connectivity index (χ4n) is 2.41. The molecular weight excluding hydrogens is 370 g/mol. The van der Waals surface area contributed by atoms with E-state index < -0.39 is 0 Å². The van der Waals surface area contributed by atoms with Crippen molar-refractivity contribution >= 4 is 21.8 Å². The maximum absolute atomic E-state index is 12.1. The number of carbonyl (C=O) groups excluding carboxylic acids is 1. The second-order valence-electron chi connectivity index (χ2n) is 5.44. The molecule has 1 atom stereocenters. The standard InChI is InChI=1S/C19H22BrNO3/c1-4-14-9-10-18(16(20)11-14)24-12-19(22)21-13(2)15-7-5-6-8-17(15)23-3/h5-11,13H,4,12H2,1-3H3,(H,21,22)/t13-/m1/s1. The lowest BCUT2D eigenvalue weighted by molar-refractivity contribution is -0.123. The summed E-state index contributed by atoms with van der Waals surface area (Å²) >= 11 is 3.47. The van der Waals surface area contributed by atoms with E-state index in [9.17, 15) is 4.79 Å². The Morgan fingerprint density at radius 1 is 1.21 bits per heavy atom. The van der Waals surface area contributed by atoms with E-state index in [1.807, 2.05) is 49.4 Å². The van der Waals surface area contributed by atoms with Crippen LogP contribution in [0.4, 0.5) is 0 Å². The Balaban J connectivity index is 1.93. The van der Waals surface area contributed by atoms with Gasteiger partial charge in [-0.05, 0) is 53.0 Å². The molecule has 0 radical (unpaired) electrons. The lowest BCUT2D eigenvalue weighted by atomic mass is 10.1. The summed E-state index contributed by atoms with van der Waals surface area (Å²) in [6.07, 6.45) is 0.954. The van der Waals surface area contributed by atoms with Crippen LogP contribution in [0.5, 0.6) is 11.5 Å². The predicted octanol–water partition coefficient (Wildman–Crippen LogP) is 4.28. The Morgan fingerprint density at radius 2 is 1.96 bits per heavy atom. The fraction of sp³-hybridized carbons (Fsp3) is 0.316. The fourth-order valence-corrected chi connectivity index (χ4v) is 2.95. The van der Waals surface area contributed by atoms with Crippen molar-refractivity contribution in [3.8, 4) is 11.5 Å². The number of aryl methyl sites for hydroxylation is 1. The average molecular weight is 392 g/mol. The van der Waals surface area contributed by atoms with E-state index in [1.165, 1.54) is 5.56 Å². The van der Waals surface area contributed by atoms with Gasteiger partial charge in [0.05, 0.1) is 17.6 Å². The minimum atomic E-state index is -0.181. The van der Waals surface area contributed by atoms with Gasteiger partial charge >= 0.3 is 0 Å². The van der Waals surface area contributed by atoms with E-state index in [0.29, 0.717) is 5.75 Å². The molecule has 0 aliphatic heterocycles. The van der Waals surface area contributed by atoms with E-state index in [2.05, 4.69) is 28.2 Å². The van der Waals surface area contributed by atoms with Crippen LogP contribution in [0.2, 0.25) is 0 Å². The number of nitrogens with one attached hydrogen (secondary N) is 1. The molecule has 0 saturated heterocycles. The summed E-state index contributed by atoms with van der Waals surface area (Å²) in [6.45, 7) is 3.97. The van der Waals surface area contributed by atoms with Gasteiger partial charge in [0, 0.05) is 5.56 Å². The third-order valence-electron chi connectivity index (χ3n) is 3.75. The normalized spacial score (nSPS) is 11.7. The van der Waals surface area contributed by atoms with Crippen molar-refractivity contribution in [2.24, 2.45) is 0 Å². The van der Waals surface area contributed by atoms with E-state index in [4.69, 9.17) is 9.47 Å². The molecule has 0 aliphatic carbocycles. The first-order valence-electron chi connectivity index (χ1n) is 7.88. The van der Waals surface area contributed by atoms with E-state index in [0.717, 1.165) is 22.2 Å². The zero-order valence-electron chi connectivity index (χ0n) is 14.1. The van der Waals surface area contributed by atoms with Crippen LogP contribution in [0.25, 0.3) is 0 Å². The summed E-state index contributed by atoms with van der Waals surface area (Å²) in [5.41, 5.74) is 2.14. The minimum absolute atomic E-state index is 0.0381. The Hall–Kier alpha value is -2.01. The molecule has 0 aromatic heterocycles. The Kier molecular flexibility index (Phi) is 6.67. The highest BCUT2D eigenvalue weighted by Crippen LogP contribution is 2.27. The van der Waals surface area contributed by atoms with Gasteiger partial charge in [0.15, 0.2) is 6.61 Å². The molecule has 2 aromatic rings. The highest BCUT2D eigenvalue weighted by atomic mass is 79.9. The van der Waals surface area contributed by atoms with Crippen molar-refractivity contribution in [2.45, 2.75) is 26.3 Å². The first-order chi connectivity index (χ1) is 11.5. The number of rotatable bonds is 7. The molecule has 4 nitrogen and oxygen atoms in total. The van der Waals surface area contributed by atoms with Gasteiger partial charge in [0.1, 0.15) is 11.5 Å². The van der Waals surface area contributed by atoms with Gasteiger partial charge < -0.3 is 14.8 Å². The second-order valence-corrected chi connectivity index (χ2v) is 6.29. The number of methoxy groups -OCH3 is 1. The number of halogens is 1. The lowest BCUT2D eigenvalue weighted by Gasteiger charge is -2.17. The predicted molar refractivity (Wildman–Crippen MR) is 98.6 cm³/mol. The van der Waals surface area contributed by atoms with Gasteiger partial charge in [-0.2, -0.15) is 0 Å². The van der Waals surface area contributed by atoms with Crippen molar-refractivity contribution in [3.63, 3.8) is 0 Å². The summed E-state index contributed by atoms with van der Waals surface area (Å²) < 4.78 is 11.8. The van der Waals surface area contributed by atoms with Crippen LogP contribution in [0.3, 0.4) is 0 Å². The topological polar surface area (TPSA) is 47.6 Å². The van der Waals surface area contributed by atoms with Crippen LogP contribution in [-0.4, -0.2) is 19.6 Å². The molecule has 0 spiro atoms. The lowest BCUT2D eigenvalue weighted by Crippen LogP contribution is -2.31. The summed E-state index contributed by atoms with van der Waals surface area (Å²) in [6, 6.07) is 13.3. The average Bonchev–Trinajstić information content (AvgIpc) is 2.60. The van der Waals surface area contributed by atoms with Crippen molar-refractivity contribution in [2.75, 3.05) is 13.7 Å². The SMILES string of the molecule is CCc1ccc(OCC(=O)N[C@H](C)c2ccccc2OC)c(Br)c1. The molecule has 0 fully saturated rings. The molecular formula is C19H22BrNO3.